The number of aliphatic hydroxyl groups is 1. The summed E-state index contributed by atoms with van der Waals surface area (Å²) < 4.78 is 30.1. The number of rotatable bonds is 4. The lowest BCUT2D eigenvalue weighted by Crippen LogP contribution is -2.61. The van der Waals surface area contributed by atoms with Gasteiger partial charge in [-0.25, -0.2) is 22.6 Å². The highest BCUT2D eigenvalue weighted by Crippen LogP contribution is 2.45. The van der Waals surface area contributed by atoms with Crippen molar-refractivity contribution in [2.45, 2.75) is 42.5 Å². The lowest BCUT2D eigenvalue weighted by Gasteiger charge is -2.42. The third kappa shape index (κ3) is 3.33. The highest BCUT2D eigenvalue weighted by Gasteiger charge is 2.58. The number of aliphatic hydroxyl groups excluding tert-OH is 1. The van der Waals surface area contributed by atoms with Crippen LogP contribution in [-0.2, 0) is 14.9 Å². The van der Waals surface area contributed by atoms with Gasteiger partial charge in [-0.1, -0.05) is 17.7 Å². The normalized spacial score (nSPS) is 24.8. The van der Waals surface area contributed by atoms with Gasteiger partial charge in [0.05, 0.1) is 28.8 Å². The van der Waals surface area contributed by atoms with Crippen molar-refractivity contribution in [2.24, 2.45) is 0 Å². The Kier molecular flexibility index (Phi) is 5.82. The molecular weight excluding hydrogens is 504 g/mol. The van der Waals surface area contributed by atoms with Gasteiger partial charge in [0.25, 0.3) is 15.9 Å². The van der Waals surface area contributed by atoms with E-state index < -0.39 is 46.2 Å². The van der Waals surface area contributed by atoms with Crippen LogP contribution in [0.25, 0.3) is 0 Å². The number of carbonyl (C=O) groups is 2. The van der Waals surface area contributed by atoms with Crippen LogP contribution in [0.15, 0.2) is 45.9 Å². The number of hydroxylamine groups is 2. The average Bonchev–Trinajstić information content (AvgIpc) is 3.29. The summed E-state index contributed by atoms with van der Waals surface area (Å²) in [6, 6.07) is 5.70. The Bertz CT molecular complexity index is 1170. The molecule has 32 heavy (non-hydrogen) atoms. The fourth-order valence-electron chi connectivity index (χ4n) is 4.56. The van der Waals surface area contributed by atoms with Crippen LogP contribution in [-0.4, -0.2) is 71.7 Å². The van der Waals surface area contributed by atoms with E-state index in [2.05, 4.69) is 21.2 Å². The van der Waals surface area contributed by atoms with Crippen molar-refractivity contribution in [1.82, 2.24) is 19.3 Å². The van der Waals surface area contributed by atoms with E-state index >= 15 is 0 Å². The predicted molar refractivity (Wildman–Crippen MR) is 117 cm³/mol. The van der Waals surface area contributed by atoms with Crippen molar-refractivity contribution >= 4 is 37.9 Å². The molecule has 1 fully saturated rings. The van der Waals surface area contributed by atoms with Crippen LogP contribution in [0.3, 0.4) is 0 Å². The molecule has 4 atom stereocenters. The molecule has 2 aliphatic rings. The van der Waals surface area contributed by atoms with Crippen molar-refractivity contribution in [3.05, 3.63) is 52.3 Å². The van der Waals surface area contributed by atoms with E-state index in [-0.39, 0.29) is 11.3 Å². The molecule has 1 aromatic heterocycles. The van der Waals surface area contributed by atoms with E-state index in [4.69, 9.17) is 4.84 Å². The number of nitrogens with one attached hydrogen (secondary N) is 1. The minimum Gasteiger partial charge on any atom is -0.391 e. The summed E-state index contributed by atoms with van der Waals surface area (Å²) in [6.45, 7) is 1.81. The maximum atomic E-state index is 13.6. The van der Waals surface area contributed by atoms with Crippen molar-refractivity contribution in [2.75, 3.05) is 14.2 Å². The molecule has 2 aromatic rings. The molecule has 0 bridgehead atoms. The number of hydrogen-bond acceptors (Lipinski definition) is 6. The standard InChI is InChI=1S/C20H23BrN4O6S/c1-11-4-6-12(7-5-11)32(29,30)25(20(28)22-2)18-15(26)10-14-17(18)24(31-3)19(27)13-8-9-16(21)23(13)14/h4-9,14-15,17-18,26H,10H2,1-3H3,(H,22,28)/t14-,15+,17-,18-/m1/s1. The number of sulfonamides is 1. The fraction of sp³-hybridized carbons (Fsp3) is 0.400. The van der Waals surface area contributed by atoms with E-state index in [1.54, 1.807) is 28.8 Å². The summed E-state index contributed by atoms with van der Waals surface area (Å²) in [7, 11) is -1.77. The molecule has 0 radical (unpaired) electrons. The first-order chi connectivity index (χ1) is 15.1. The van der Waals surface area contributed by atoms with Crippen LogP contribution < -0.4 is 5.32 Å². The molecular formula is C20H23BrN4O6S. The third-order valence-corrected chi connectivity index (χ3v) is 8.41. The maximum absolute atomic E-state index is 13.6. The number of aromatic nitrogens is 1. The summed E-state index contributed by atoms with van der Waals surface area (Å²) in [4.78, 5) is 31.2. The van der Waals surface area contributed by atoms with Crippen molar-refractivity contribution in [1.29, 1.82) is 0 Å². The highest BCUT2D eigenvalue weighted by molar-refractivity contribution is 9.10. The first-order valence-electron chi connectivity index (χ1n) is 9.88. The second kappa shape index (κ2) is 8.18. The summed E-state index contributed by atoms with van der Waals surface area (Å²) in [6.07, 6.45) is -1.13. The predicted octanol–water partition coefficient (Wildman–Crippen LogP) is 1.65. The summed E-state index contributed by atoms with van der Waals surface area (Å²) in [5, 5.41) is 14.4. The number of nitrogens with zero attached hydrogens (tertiary/aromatic N) is 3. The van der Waals surface area contributed by atoms with Gasteiger partial charge in [-0.15, -0.1) is 0 Å². The molecule has 10 nitrogen and oxygen atoms in total. The van der Waals surface area contributed by atoms with Gasteiger partial charge in [0.2, 0.25) is 0 Å². The molecule has 0 spiro atoms. The monoisotopic (exact) mass is 526 g/mol. The molecule has 1 aliphatic heterocycles. The summed E-state index contributed by atoms with van der Waals surface area (Å²) in [5.74, 6) is -0.497. The van der Waals surface area contributed by atoms with Crippen molar-refractivity contribution in [3.8, 4) is 0 Å². The van der Waals surface area contributed by atoms with Gasteiger partial charge >= 0.3 is 6.03 Å². The van der Waals surface area contributed by atoms with Crippen LogP contribution in [0, 0.1) is 6.92 Å². The van der Waals surface area contributed by atoms with E-state index in [9.17, 15) is 23.1 Å². The first kappa shape index (κ1) is 22.8. The number of amides is 3. The Balaban J connectivity index is 1.87. The van der Waals surface area contributed by atoms with Gasteiger partial charge in [-0.2, -0.15) is 0 Å². The second-order valence-corrected chi connectivity index (χ2v) is 10.4. The second-order valence-electron chi connectivity index (χ2n) is 7.75. The van der Waals surface area contributed by atoms with Crippen LogP contribution in [0.4, 0.5) is 4.79 Å². The Morgan fingerprint density at radius 3 is 2.50 bits per heavy atom. The summed E-state index contributed by atoms with van der Waals surface area (Å²) >= 11 is 3.42. The molecule has 0 saturated heterocycles. The fourth-order valence-corrected chi connectivity index (χ4v) is 6.74. The molecule has 2 N–H and O–H groups in total. The zero-order valence-corrected chi connectivity index (χ0v) is 20.0. The number of halogens is 1. The third-order valence-electron chi connectivity index (χ3n) is 5.97. The molecule has 172 valence electrons. The first-order valence-corrected chi connectivity index (χ1v) is 12.1. The Labute approximate surface area is 193 Å². The van der Waals surface area contributed by atoms with Gasteiger partial charge in [0.15, 0.2) is 0 Å². The lowest BCUT2D eigenvalue weighted by atomic mass is 10.1. The van der Waals surface area contributed by atoms with Crippen LogP contribution >= 0.6 is 15.9 Å². The van der Waals surface area contributed by atoms with Crippen LogP contribution in [0.1, 0.15) is 28.5 Å². The molecule has 1 aliphatic carbocycles. The molecule has 4 rings (SSSR count). The number of aryl methyl sites for hydroxylation is 1. The van der Waals surface area contributed by atoms with Crippen molar-refractivity contribution in [3.63, 3.8) is 0 Å². The van der Waals surface area contributed by atoms with Gasteiger partial charge < -0.3 is 15.0 Å². The number of carbonyl (C=O) groups excluding carboxylic acids is 2. The van der Waals surface area contributed by atoms with Crippen molar-refractivity contribution < 1.29 is 28.0 Å². The summed E-state index contributed by atoms with van der Waals surface area (Å²) in [5.41, 5.74) is 1.19. The zero-order chi connectivity index (χ0) is 23.4. The molecule has 12 heteroatoms. The van der Waals surface area contributed by atoms with Gasteiger partial charge in [-0.05, 0) is 53.5 Å². The average molecular weight is 527 g/mol. The quantitative estimate of drug-likeness (QED) is 0.624. The molecule has 1 saturated carbocycles. The molecule has 2 heterocycles. The number of fused-ring (bicyclic) bond motifs is 3. The number of benzene rings is 1. The Morgan fingerprint density at radius 1 is 1.25 bits per heavy atom. The lowest BCUT2D eigenvalue weighted by molar-refractivity contribution is -0.145. The Morgan fingerprint density at radius 2 is 1.91 bits per heavy atom. The van der Waals surface area contributed by atoms with Gasteiger partial charge in [-0.3, -0.25) is 9.63 Å². The van der Waals surface area contributed by atoms with Crippen LogP contribution in [0.2, 0.25) is 0 Å². The number of hydrogen-bond donors (Lipinski definition) is 2. The van der Waals surface area contributed by atoms with Gasteiger partial charge in [0.1, 0.15) is 17.8 Å². The van der Waals surface area contributed by atoms with E-state index in [0.29, 0.717) is 14.6 Å². The smallest absolute Gasteiger partial charge is 0.331 e. The van der Waals surface area contributed by atoms with Gasteiger partial charge in [0, 0.05) is 7.05 Å². The SMILES string of the molecule is CNC(=O)N([C@H]1[C@H]2[C@@H](C[C@@H]1O)n1c(Br)ccc1C(=O)N2OC)S(=O)(=O)c1ccc(C)cc1. The number of urea groups is 1. The largest absolute Gasteiger partial charge is 0.391 e. The zero-order valence-electron chi connectivity index (χ0n) is 17.6. The van der Waals surface area contributed by atoms with Crippen LogP contribution in [0.5, 0.6) is 0 Å². The van der Waals surface area contributed by atoms with E-state index in [1.807, 2.05) is 6.92 Å². The molecule has 0 unspecified atom stereocenters. The minimum atomic E-state index is -4.37. The Hall–Kier alpha value is -2.41. The van der Waals surface area contributed by atoms with E-state index in [1.165, 1.54) is 26.3 Å². The topological polar surface area (TPSA) is 121 Å². The molecule has 3 amide bonds. The van der Waals surface area contributed by atoms with E-state index in [0.717, 1.165) is 10.6 Å². The highest BCUT2D eigenvalue weighted by atomic mass is 79.9. The maximum Gasteiger partial charge on any atom is 0.331 e. The molecule has 1 aromatic carbocycles. The minimum absolute atomic E-state index is 0.101.